The molecule has 134 heavy (non-hydrogen) atoms. The van der Waals surface area contributed by atoms with Crippen LogP contribution in [0.2, 0.25) is 0 Å². The van der Waals surface area contributed by atoms with Crippen LogP contribution < -0.4 is 108 Å². The molecule has 0 saturated carbocycles. The monoisotopic (exact) mass is 1940 g/mol. The molecule has 48 heteroatoms. The number of carbonyl (C=O) groups excluding carboxylic acids is 17. The Kier molecular flexibility index (Phi) is 44.3. The average molecular weight is 1950 g/mol. The Labute approximate surface area is 789 Å². The van der Waals surface area contributed by atoms with Gasteiger partial charge in [-0.1, -0.05) is 132 Å². The lowest BCUT2D eigenvalue weighted by atomic mass is 10.00. The molecular formula is C86H125N23O21S4. The highest BCUT2D eigenvalue weighted by atomic mass is 33.1. The first-order valence-electron chi connectivity index (χ1n) is 44.0. The van der Waals surface area contributed by atoms with Gasteiger partial charge in [-0.05, 0) is 131 Å². The zero-order valence-corrected chi connectivity index (χ0v) is 78.5. The Bertz CT molecular complexity index is 4790. The van der Waals surface area contributed by atoms with Gasteiger partial charge in [-0.3, -0.25) is 91.7 Å². The molecule has 0 aliphatic carbocycles. The van der Waals surface area contributed by atoms with E-state index >= 15 is 33.6 Å². The number of aliphatic carboxylic acids is 1. The molecule has 3 fully saturated rings. The number of aromatic nitrogens is 1. The van der Waals surface area contributed by atoms with E-state index in [-0.39, 0.29) is 108 Å². The SMILES string of the molecule is CC(C)C[C@H](NC(=O)[C@@H]1CSSC[C@@H]2NC(=O)[C@H](CC(N)=O)NC(=O)[C@@H](N)CSSC[C@H](NC(=O)[C@H](CC(C)C)NC(=O)[C@H](Cc3ccccc3)NC(=O)[C@H]([C@@H](C)O)NC(=O)[C@H](CCC(=O)O)NC(=O)[C@@H]3CCCN3C(=O)[C@H](C)NC(=O)[C@H](CCCCN)NC2=O)C(=O)N[C@@H](Cc2ccc(O)cc2)C(=O)N[C@@H](Cc2c[nH]c3ccccc23)C(=O)N[C@@H](CCCNC(=N)N)C(=O)N1)C(N)=O. The van der Waals surface area contributed by atoms with E-state index in [1.807, 2.05) is 0 Å². The number of primary amides is 2. The minimum absolute atomic E-state index is 0.00346. The van der Waals surface area contributed by atoms with Gasteiger partial charge in [0.15, 0.2) is 5.96 Å². The molecule has 734 valence electrons. The Morgan fingerprint density at radius 3 is 1.62 bits per heavy atom. The normalized spacial score (nSPS) is 25.2. The molecule has 0 spiro atoms. The van der Waals surface area contributed by atoms with Crippen molar-refractivity contribution in [2.45, 2.75) is 241 Å². The number of carbonyl (C=O) groups is 18. The third kappa shape index (κ3) is 35.4. The maximum Gasteiger partial charge on any atom is 0.303 e. The number of aliphatic hydroxyl groups is 1. The number of rotatable bonds is 27. The van der Waals surface area contributed by atoms with Crippen molar-refractivity contribution < 1.29 is 102 Å². The minimum atomic E-state index is -1.98. The van der Waals surface area contributed by atoms with Gasteiger partial charge in [0.2, 0.25) is 100 Å². The number of nitrogens with one attached hydrogen (secondary N) is 17. The van der Waals surface area contributed by atoms with Crippen LogP contribution in [0.1, 0.15) is 135 Å². The molecule has 3 aromatic carbocycles. The van der Waals surface area contributed by atoms with Crippen LogP contribution in [0, 0.1) is 17.2 Å². The molecule has 17 amide bonds. The van der Waals surface area contributed by atoms with E-state index in [9.17, 15) is 68.1 Å². The Morgan fingerprint density at radius 1 is 0.530 bits per heavy atom. The average Bonchev–Trinajstić information content (AvgIpc) is 1.61. The molecule has 0 unspecified atom stereocenters. The number of aromatic hydroxyl groups is 1. The summed E-state index contributed by atoms with van der Waals surface area (Å²) in [5, 5.41) is 79.3. The van der Waals surface area contributed by atoms with Crippen molar-refractivity contribution in [1.82, 2.24) is 89.6 Å². The van der Waals surface area contributed by atoms with E-state index in [0.29, 0.717) is 27.6 Å². The van der Waals surface area contributed by atoms with Crippen molar-refractivity contribution in [3.63, 3.8) is 0 Å². The summed E-state index contributed by atoms with van der Waals surface area (Å²) in [7, 11) is 3.25. The van der Waals surface area contributed by atoms with Crippen LogP contribution in [-0.4, -0.2) is 283 Å². The molecule has 4 aromatic rings. The standard InChI is InChI=1S/C86H125N23O21S4/c1-43(2)32-57(70(90)115)99-81(126)64-42-134-133-41-63-80(125)97-54(20-12-13-29-87)72(117)95-45(5)85(130)109-31-15-22-66(109)83(128)98-56(27-28-68(113)114)74(119)108-69(46(6)110)84(129)104-60(34-47-16-8-7-9-17-47)77(122)101-58(33-44(3)4)75(120)106-65(40-132-131-39-52(88)71(116)100-62(37-67(89)112)79(124)107-63)82(127)102-59(35-48-23-25-50(111)26-24-48)76(121)103-61(36-49-38-94-53-19-11-10-18-51(49)53)78(123)96-55(73(118)105-64)21-14-30-93-86(91)92/h7-11,16-19,23-26,38,43-46,52,54-66,69,94,110-111H,12-15,20-22,27-37,39-42,87-88H2,1-6H3,(H2,89,112)(H2,90,115)(H,95,117)(H,96,123)(H,97,125)(H,98,128)(H,99,126)(H,100,116)(H,101,122)(H,102,127)(H,103,121)(H,104,129)(H,105,118)(H,106,120)(H,107,124)(H,108,119)(H,113,114)(H4,91,92,93)/t45-,46+,52-,54-,55-,56-,57-,58-,59-,60-,61-,62-,63-,64-,65-,66-,69-/m0/s1. The molecule has 3 aliphatic heterocycles. The van der Waals surface area contributed by atoms with Gasteiger partial charge in [0.1, 0.15) is 96.4 Å². The number of carboxylic acid groups (broad SMARTS) is 1. The van der Waals surface area contributed by atoms with Crippen molar-refractivity contribution in [3.05, 3.63) is 102 Å². The van der Waals surface area contributed by atoms with Gasteiger partial charge in [-0.15, -0.1) is 0 Å². The second-order valence-electron chi connectivity index (χ2n) is 33.8. The van der Waals surface area contributed by atoms with E-state index in [4.69, 9.17) is 34.1 Å². The fraction of sp³-hybridized carbons (Fsp3) is 0.547. The topological polar surface area (TPSA) is 721 Å². The lowest BCUT2D eigenvalue weighted by molar-refractivity contribution is -0.142. The summed E-state index contributed by atoms with van der Waals surface area (Å²) in [4.78, 5) is 268. The molecule has 44 nitrogen and oxygen atoms in total. The molecule has 2 bridgehead atoms. The number of H-pyrrole nitrogens is 1. The number of guanidine groups is 1. The number of unbranched alkanes of at least 4 members (excludes halogenated alkanes) is 1. The first-order valence-corrected chi connectivity index (χ1v) is 49.0. The van der Waals surface area contributed by atoms with Crippen LogP contribution in [0.5, 0.6) is 5.75 Å². The molecule has 4 heterocycles. The number of hydrogen-bond donors (Lipinski definition) is 25. The minimum Gasteiger partial charge on any atom is -0.508 e. The molecule has 17 atom stereocenters. The van der Waals surface area contributed by atoms with Gasteiger partial charge < -0.3 is 134 Å². The number of nitrogens with zero attached hydrogens (tertiary/aromatic N) is 1. The number of para-hydroxylation sites is 1. The molecule has 0 radical (unpaired) electrons. The van der Waals surface area contributed by atoms with Gasteiger partial charge in [0, 0.05) is 78.9 Å². The van der Waals surface area contributed by atoms with E-state index in [1.54, 1.807) is 88.5 Å². The molecule has 1 aromatic heterocycles. The summed E-state index contributed by atoms with van der Waals surface area (Å²) in [6.45, 7) is 9.15. The number of fused-ring (bicyclic) bond motifs is 13. The number of nitrogens with two attached hydrogens (primary N) is 5. The summed E-state index contributed by atoms with van der Waals surface area (Å²) in [6.07, 6.45) is -3.85. The van der Waals surface area contributed by atoms with Crippen molar-refractivity contribution in [2.24, 2.45) is 40.5 Å². The van der Waals surface area contributed by atoms with E-state index in [0.717, 1.165) is 55.0 Å². The zero-order chi connectivity index (χ0) is 98.6. The second kappa shape index (κ2) is 54.4. The van der Waals surface area contributed by atoms with Crippen LogP contribution in [-0.2, 0) is 106 Å². The largest absolute Gasteiger partial charge is 0.508 e. The van der Waals surface area contributed by atoms with Gasteiger partial charge in [0.05, 0.1) is 18.6 Å². The fourth-order valence-electron chi connectivity index (χ4n) is 14.7. The number of amides is 17. The van der Waals surface area contributed by atoms with Crippen LogP contribution in [0.25, 0.3) is 10.9 Å². The van der Waals surface area contributed by atoms with Gasteiger partial charge in [0.25, 0.3) is 0 Å². The van der Waals surface area contributed by atoms with Crippen LogP contribution in [0.4, 0.5) is 0 Å². The highest BCUT2D eigenvalue weighted by Crippen LogP contribution is 2.28. The third-order valence-corrected chi connectivity index (χ3v) is 26.7. The smallest absolute Gasteiger partial charge is 0.303 e. The third-order valence-electron chi connectivity index (χ3n) is 21.9. The van der Waals surface area contributed by atoms with Crippen molar-refractivity contribution in [3.8, 4) is 5.75 Å². The van der Waals surface area contributed by atoms with Crippen LogP contribution in [0.15, 0.2) is 85.1 Å². The number of phenolic OH excluding ortho intramolecular Hbond substituents is 1. The summed E-state index contributed by atoms with van der Waals surface area (Å²) in [5.74, 6) is -23.0. The first-order chi connectivity index (χ1) is 63.6. The number of hydrogen-bond acceptors (Lipinski definition) is 27. The number of carboxylic acids is 1. The summed E-state index contributed by atoms with van der Waals surface area (Å²) < 4.78 is 0. The lowest BCUT2D eigenvalue weighted by Gasteiger charge is -2.30. The Hall–Kier alpha value is -12.0. The Balaban J connectivity index is 1.45. The van der Waals surface area contributed by atoms with E-state index in [1.165, 1.54) is 31.2 Å². The predicted molar refractivity (Wildman–Crippen MR) is 502 cm³/mol. The highest BCUT2D eigenvalue weighted by Gasteiger charge is 2.43. The molecule has 3 saturated heterocycles. The van der Waals surface area contributed by atoms with Crippen LogP contribution in [0.3, 0.4) is 0 Å². The summed E-state index contributed by atoms with van der Waals surface area (Å²) in [6, 6.07) is -6.46. The van der Waals surface area contributed by atoms with Gasteiger partial charge in [-0.2, -0.15) is 0 Å². The summed E-state index contributed by atoms with van der Waals surface area (Å²) in [5.41, 5.74) is 31.5. The zero-order valence-electron chi connectivity index (χ0n) is 75.3. The lowest BCUT2D eigenvalue weighted by Crippen LogP contribution is -2.62. The number of aromatic amines is 1. The molecule has 30 N–H and O–H groups in total. The predicted octanol–water partition coefficient (Wildman–Crippen LogP) is -4.09. The molecular weight excluding hydrogens is 1820 g/mol. The van der Waals surface area contributed by atoms with Crippen molar-refractivity contribution in [1.29, 1.82) is 5.41 Å². The quantitative estimate of drug-likeness (QED) is 0.0117. The number of aliphatic hydroxyl groups excluding tert-OH is 1. The second-order valence-corrected chi connectivity index (χ2v) is 38.9. The number of benzene rings is 3. The highest BCUT2D eigenvalue weighted by molar-refractivity contribution is 8.77. The first kappa shape index (κ1) is 109. The van der Waals surface area contributed by atoms with E-state index in [2.05, 4.69) is 84.7 Å². The molecule has 7 rings (SSSR count). The van der Waals surface area contributed by atoms with Crippen LogP contribution >= 0.6 is 43.2 Å². The Morgan fingerprint density at radius 2 is 1.03 bits per heavy atom. The maximum atomic E-state index is 15.7. The van der Waals surface area contributed by atoms with Gasteiger partial charge >= 0.3 is 5.97 Å². The molecule has 3 aliphatic rings. The fourth-order valence-corrected chi connectivity index (χ4v) is 19.3. The van der Waals surface area contributed by atoms with E-state index < -0.39 is 264 Å². The van der Waals surface area contributed by atoms with Crippen molar-refractivity contribution in [2.75, 3.05) is 42.6 Å². The van der Waals surface area contributed by atoms with Gasteiger partial charge in [-0.25, -0.2) is 0 Å². The summed E-state index contributed by atoms with van der Waals surface area (Å²) >= 11 is 0. The maximum absolute atomic E-state index is 15.7. The van der Waals surface area contributed by atoms with Crippen molar-refractivity contribution >= 4 is 166 Å². The number of phenols is 1.